The lowest BCUT2D eigenvalue weighted by Crippen LogP contribution is -2.23. The first-order valence-electron chi connectivity index (χ1n) is 6.89. The van der Waals surface area contributed by atoms with Gasteiger partial charge in [0.05, 0.1) is 6.20 Å². The first-order valence-corrected chi connectivity index (χ1v) is 7.68. The van der Waals surface area contributed by atoms with Crippen molar-refractivity contribution in [1.29, 1.82) is 0 Å². The van der Waals surface area contributed by atoms with E-state index in [0.717, 1.165) is 28.8 Å². The van der Waals surface area contributed by atoms with Gasteiger partial charge in [0.2, 0.25) is 0 Å². The predicted octanol–water partition coefficient (Wildman–Crippen LogP) is 2.95. The van der Waals surface area contributed by atoms with E-state index < -0.39 is 0 Å². The average molecular weight is 346 g/mol. The highest BCUT2D eigenvalue weighted by Gasteiger charge is 2.10. The number of fused-ring (bicyclic) bond motifs is 1. The highest BCUT2D eigenvalue weighted by Crippen LogP contribution is 2.14. The third-order valence-corrected chi connectivity index (χ3v) is 4.25. The predicted molar refractivity (Wildman–Crippen MR) is 86.8 cm³/mol. The first-order chi connectivity index (χ1) is 10.1. The zero-order valence-corrected chi connectivity index (χ0v) is 13.6. The number of hydrogen-bond acceptors (Lipinski definition) is 2. The van der Waals surface area contributed by atoms with E-state index in [1.54, 1.807) is 10.8 Å². The van der Waals surface area contributed by atoms with Gasteiger partial charge in [0.15, 0.2) is 0 Å². The van der Waals surface area contributed by atoms with Crippen molar-refractivity contribution in [1.82, 2.24) is 14.0 Å². The van der Waals surface area contributed by atoms with E-state index in [-0.39, 0.29) is 5.56 Å². The van der Waals surface area contributed by atoms with Crippen molar-refractivity contribution in [3.63, 3.8) is 0 Å². The molecule has 0 saturated carbocycles. The molecule has 0 N–H and O–H groups in total. The summed E-state index contributed by atoms with van der Waals surface area (Å²) in [5, 5.41) is 0. The molecule has 0 spiro atoms. The molecule has 4 nitrogen and oxygen atoms in total. The van der Waals surface area contributed by atoms with Crippen LogP contribution in [0.25, 0.3) is 5.52 Å². The topological polar surface area (TPSA) is 39.3 Å². The Kier molecular flexibility index (Phi) is 3.68. The second-order valence-electron chi connectivity index (χ2n) is 5.07. The fourth-order valence-electron chi connectivity index (χ4n) is 2.48. The number of aryl methyl sites for hydroxylation is 1. The number of rotatable bonds is 3. The van der Waals surface area contributed by atoms with E-state index in [2.05, 4.69) is 33.0 Å². The summed E-state index contributed by atoms with van der Waals surface area (Å²) in [4.78, 5) is 16.7. The maximum Gasteiger partial charge on any atom is 0.276 e. The Labute approximate surface area is 131 Å². The minimum Gasteiger partial charge on any atom is -0.312 e. The van der Waals surface area contributed by atoms with E-state index in [4.69, 9.17) is 0 Å². The van der Waals surface area contributed by atoms with E-state index >= 15 is 0 Å². The van der Waals surface area contributed by atoms with Crippen molar-refractivity contribution >= 4 is 21.4 Å². The zero-order valence-electron chi connectivity index (χ0n) is 12.0. The van der Waals surface area contributed by atoms with Crippen LogP contribution in [0.4, 0.5) is 0 Å². The number of halogens is 1. The highest BCUT2D eigenvalue weighted by atomic mass is 79.9. The van der Waals surface area contributed by atoms with Gasteiger partial charge in [0.25, 0.3) is 5.56 Å². The van der Waals surface area contributed by atoms with Crippen LogP contribution in [0, 0.1) is 0 Å². The van der Waals surface area contributed by atoms with Crippen molar-refractivity contribution in [3.8, 4) is 0 Å². The Bertz CT molecular complexity index is 846. The molecular weight excluding hydrogens is 330 g/mol. The molecule has 3 rings (SSSR count). The fourth-order valence-corrected chi connectivity index (χ4v) is 2.74. The lowest BCUT2D eigenvalue weighted by Gasteiger charge is -2.10. The van der Waals surface area contributed by atoms with Crippen LogP contribution in [0.1, 0.15) is 24.0 Å². The van der Waals surface area contributed by atoms with E-state index in [1.165, 1.54) is 5.56 Å². The molecule has 0 fully saturated rings. The monoisotopic (exact) mass is 345 g/mol. The van der Waals surface area contributed by atoms with Crippen LogP contribution in [0.5, 0.6) is 0 Å². The molecule has 2 heterocycles. The Morgan fingerprint density at radius 1 is 1.24 bits per heavy atom. The molecule has 21 heavy (non-hydrogen) atoms. The second kappa shape index (κ2) is 5.48. The lowest BCUT2D eigenvalue weighted by atomic mass is 10.1. The van der Waals surface area contributed by atoms with Gasteiger partial charge in [-0.25, -0.2) is 4.98 Å². The van der Waals surface area contributed by atoms with Crippen LogP contribution in [0.3, 0.4) is 0 Å². The van der Waals surface area contributed by atoms with Crippen molar-refractivity contribution in [2.75, 3.05) is 0 Å². The van der Waals surface area contributed by atoms with Crippen LogP contribution < -0.4 is 5.56 Å². The lowest BCUT2D eigenvalue weighted by molar-refractivity contribution is 0.769. The SMILES string of the molecule is CCc1ncc2c(=O)n(C)c(Cc3ccc(Br)cc3)cn12. The molecule has 0 amide bonds. The molecular formula is C16H16BrN3O. The summed E-state index contributed by atoms with van der Waals surface area (Å²) in [6.07, 6.45) is 5.20. The third kappa shape index (κ3) is 2.53. The number of hydrogen-bond donors (Lipinski definition) is 0. The van der Waals surface area contributed by atoms with Gasteiger partial charge in [0.1, 0.15) is 11.3 Å². The van der Waals surface area contributed by atoms with Gasteiger partial charge in [-0.15, -0.1) is 0 Å². The molecule has 0 aliphatic heterocycles. The number of benzene rings is 1. The smallest absolute Gasteiger partial charge is 0.276 e. The molecule has 0 aliphatic carbocycles. The Morgan fingerprint density at radius 3 is 2.62 bits per heavy atom. The molecule has 0 atom stereocenters. The van der Waals surface area contributed by atoms with E-state index in [1.807, 2.05) is 36.7 Å². The Morgan fingerprint density at radius 2 is 1.95 bits per heavy atom. The number of nitrogens with zero attached hydrogens (tertiary/aromatic N) is 3. The van der Waals surface area contributed by atoms with Crippen molar-refractivity contribution in [2.24, 2.45) is 7.05 Å². The fraction of sp³-hybridized carbons (Fsp3) is 0.250. The van der Waals surface area contributed by atoms with Gasteiger partial charge < -0.3 is 4.57 Å². The summed E-state index contributed by atoms with van der Waals surface area (Å²) in [7, 11) is 1.81. The molecule has 0 aliphatic rings. The molecule has 5 heteroatoms. The quantitative estimate of drug-likeness (QED) is 0.732. The summed E-state index contributed by atoms with van der Waals surface area (Å²) in [6.45, 7) is 2.04. The molecule has 0 bridgehead atoms. The summed E-state index contributed by atoms with van der Waals surface area (Å²) >= 11 is 3.44. The average Bonchev–Trinajstić information content (AvgIpc) is 2.89. The van der Waals surface area contributed by atoms with Gasteiger partial charge >= 0.3 is 0 Å². The number of aromatic nitrogens is 3. The van der Waals surface area contributed by atoms with Crippen LogP contribution in [0.2, 0.25) is 0 Å². The first kappa shape index (κ1) is 14.1. The maximum absolute atomic E-state index is 12.4. The highest BCUT2D eigenvalue weighted by molar-refractivity contribution is 9.10. The maximum atomic E-state index is 12.4. The van der Waals surface area contributed by atoms with Crippen LogP contribution >= 0.6 is 15.9 Å². The molecule has 108 valence electrons. The van der Waals surface area contributed by atoms with Crippen LogP contribution in [-0.4, -0.2) is 14.0 Å². The van der Waals surface area contributed by atoms with Crippen LogP contribution in [-0.2, 0) is 19.9 Å². The van der Waals surface area contributed by atoms with Gasteiger partial charge in [-0.2, -0.15) is 0 Å². The standard InChI is InChI=1S/C16H16BrN3O/c1-3-15-18-9-14-16(21)19(2)13(10-20(14)15)8-11-4-6-12(17)7-5-11/h4-7,9-10H,3,8H2,1-2H3. The molecule has 0 radical (unpaired) electrons. The largest absolute Gasteiger partial charge is 0.312 e. The molecule has 3 aromatic rings. The molecule has 2 aromatic heterocycles. The Balaban J connectivity index is 2.11. The Hall–Kier alpha value is -1.88. The minimum atomic E-state index is -0.00295. The normalized spacial score (nSPS) is 11.2. The summed E-state index contributed by atoms with van der Waals surface area (Å²) < 4.78 is 4.67. The second-order valence-corrected chi connectivity index (χ2v) is 5.99. The summed E-state index contributed by atoms with van der Waals surface area (Å²) in [6, 6.07) is 8.15. The molecule has 1 aromatic carbocycles. The number of imidazole rings is 1. The van der Waals surface area contributed by atoms with E-state index in [9.17, 15) is 4.79 Å². The van der Waals surface area contributed by atoms with E-state index in [0.29, 0.717) is 5.52 Å². The van der Waals surface area contributed by atoms with Gasteiger partial charge in [0, 0.05) is 36.3 Å². The summed E-state index contributed by atoms with van der Waals surface area (Å²) in [5.41, 5.74) is 2.78. The van der Waals surface area contributed by atoms with Gasteiger partial charge in [-0.1, -0.05) is 35.0 Å². The van der Waals surface area contributed by atoms with Gasteiger partial charge in [-0.05, 0) is 17.7 Å². The molecule has 0 saturated heterocycles. The van der Waals surface area contributed by atoms with Crippen molar-refractivity contribution < 1.29 is 0 Å². The van der Waals surface area contributed by atoms with Crippen molar-refractivity contribution in [2.45, 2.75) is 19.8 Å². The van der Waals surface area contributed by atoms with Crippen molar-refractivity contribution in [3.05, 3.63) is 68.6 Å². The van der Waals surface area contributed by atoms with Gasteiger partial charge in [-0.3, -0.25) is 9.20 Å². The van der Waals surface area contributed by atoms with Crippen LogP contribution in [0.15, 0.2) is 45.9 Å². The minimum absolute atomic E-state index is 0.00295. The zero-order chi connectivity index (χ0) is 15.0. The summed E-state index contributed by atoms with van der Waals surface area (Å²) in [5.74, 6) is 0.916. The third-order valence-electron chi connectivity index (χ3n) is 3.72. The molecule has 0 unspecified atom stereocenters.